The van der Waals surface area contributed by atoms with Crippen molar-refractivity contribution in [2.24, 2.45) is 0 Å². The molecule has 0 saturated carbocycles. The zero-order valence-corrected chi connectivity index (χ0v) is 13.9. The van der Waals surface area contributed by atoms with Crippen molar-refractivity contribution >= 4 is 43.2 Å². The Kier molecular flexibility index (Phi) is 3.98. The van der Waals surface area contributed by atoms with Gasteiger partial charge in [-0.25, -0.2) is 17.8 Å². The molecule has 0 radical (unpaired) electrons. The number of halogens is 1. The van der Waals surface area contributed by atoms with Gasteiger partial charge in [-0.2, -0.15) is 0 Å². The number of nitrogens with zero attached hydrogens (tertiary/aromatic N) is 1. The molecule has 0 bridgehead atoms. The van der Waals surface area contributed by atoms with E-state index in [-0.39, 0.29) is 4.90 Å². The highest BCUT2D eigenvalue weighted by Gasteiger charge is 2.17. The summed E-state index contributed by atoms with van der Waals surface area (Å²) in [5.41, 5.74) is 0.235. The molecule has 2 aromatic carbocycles. The Morgan fingerprint density at radius 2 is 2.00 bits per heavy atom. The van der Waals surface area contributed by atoms with Gasteiger partial charge in [0.15, 0.2) is 0 Å². The summed E-state index contributed by atoms with van der Waals surface area (Å²) in [6, 6.07) is 7.33. The number of anilines is 1. The molecule has 0 fully saturated rings. The Morgan fingerprint density at radius 1 is 1.25 bits per heavy atom. The van der Waals surface area contributed by atoms with Crippen LogP contribution in [-0.4, -0.2) is 19.4 Å². The van der Waals surface area contributed by atoms with Crippen molar-refractivity contribution < 1.29 is 22.7 Å². The Balaban J connectivity index is 1.98. The summed E-state index contributed by atoms with van der Waals surface area (Å²) in [5, 5.41) is 11.7. The van der Waals surface area contributed by atoms with E-state index in [1.165, 1.54) is 11.3 Å². The van der Waals surface area contributed by atoms with Gasteiger partial charge in [-0.1, -0.05) is 0 Å². The molecule has 6 nitrogen and oxygen atoms in total. The summed E-state index contributed by atoms with van der Waals surface area (Å²) >= 11 is 1.41. The molecule has 24 heavy (non-hydrogen) atoms. The van der Waals surface area contributed by atoms with Gasteiger partial charge in [-0.3, -0.25) is 4.72 Å². The maximum Gasteiger partial charge on any atom is 0.261 e. The second kappa shape index (κ2) is 5.84. The van der Waals surface area contributed by atoms with Gasteiger partial charge in [-0.15, -0.1) is 11.3 Å². The highest BCUT2D eigenvalue weighted by molar-refractivity contribution is 7.92. The lowest BCUT2D eigenvalue weighted by Gasteiger charge is -2.10. The van der Waals surface area contributed by atoms with Gasteiger partial charge < -0.3 is 9.90 Å². The third-order valence-corrected chi connectivity index (χ3v) is 5.53. The van der Waals surface area contributed by atoms with E-state index in [1.807, 2.05) is 6.92 Å². The predicted molar refractivity (Wildman–Crippen MR) is 85.9 cm³/mol. The molecule has 3 rings (SSSR count). The molecule has 124 valence electrons. The second-order valence-corrected chi connectivity index (χ2v) is 7.87. The number of thiazole rings is 1. The van der Waals surface area contributed by atoms with Crippen molar-refractivity contribution in [3.05, 3.63) is 52.8 Å². The van der Waals surface area contributed by atoms with Crippen LogP contribution in [0.25, 0.3) is 10.2 Å². The van der Waals surface area contributed by atoms with Crippen LogP contribution in [0.2, 0.25) is 0 Å². The van der Waals surface area contributed by atoms with Crippen molar-refractivity contribution in [3.63, 3.8) is 0 Å². The highest BCUT2D eigenvalue weighted by atomic mass is 32.2. The van der Waals surface area contributed by atoms with E-state index >= 15 is 0 Å². The first-order valence-corrected chi connectivity index (χ1v) is 8.97. The van der Waals surface area contributed by atoms with E-state index < -0.39 is 27.4 Å². The van der Waals surface area contributed by atoms with Crippen LogP contribution in [0, 0.1) is 12.7 Å². The van der Waals surface area contributed by atoms with Crippen LogP contribution < -0.4 is 9.83 Å². The number of aromatic carboxylic acids is 1. The number of benzene rings is 2. The molecule has 1 N–H and O–H groups in total. The summed E-state index contributed by atoms with van der Waals surface area (Å²) in [4.78, 5) is 14.7. The van der Waals surface area contributed by atoms with Gasteiger partial charge >= 0.3 is 0 Å². The van der Waals surface area contributed by atoms with Crippen LogP contribution in [-0.2, 0) is 10.0 Å². The molecular formula is C15H10FN2O4S2-. The molecule has 0 atom stereocenters. The lowest BCUT2D eigenvalue weighted by Crippen LogP contribution is -2.24. The summed E-state index contributed by atoms with van der Waals surface area (Å²) in [6.07, 6.45) is 0. The van der Waals surface area contributed by atoms with E-state index in [0.717, 1.165) is 33.4 Å². The molecule has 0 unspecified atom stereocenters. The number of hydrogen-bond acceptors (Lipinski definition) is 6. The van der Waals surface area contributed by atoms with Gasteiger partial charge in [0.2, 0.25) is 0 Å². The zero-order valence-electron chi connectivity index (χ0n) is 12.2. The van der Waals surface area contributed by atoms with Gasteiger partial charge in [-0.05, 0) is 43.3 Å². The van der Waals surface area contributed by atoms with E-state index in [0.29, 0.717) is 5.69 Å². The van der Waals surface area contributed by atoms with Crippen molar-refractivity contribution in [3.8, 4) is 0 Å². The van der Waals surface area contributed by atoms with Gasteiger partial charge in [0.25, 0.3) is 10.0 Å². The third-order valence-electron chi connectivity index (χ3n) is 3.22. The number of carboxylic acid groups (broad SMARTS) is 1. The minimum atomic E-state index is -4.07. The number of hydrogen-bond donors (Lipinski definition) is 1. The molecule has 1 heterocycles. The number of nitrogens with one attached hydrogen (secondary N) is 1. The number of aryl methyl sites for hydroxylation is 1. The minimum Gasteiger partial charge on any atom is -0.545 e. The van der Waals surface area contributed by atoms with Crippen LogP contribution in [0.3, 0.4) is 0 Å². The predicted octanol–water partition coefficient (Wildman–Crippen LogP) is 1.91. The van der Waals surface area contributed by atoms with Crippen molar-refractivity contribution in [2.75, 3.05) is 4.72 Å². The Labute approximate surface area is 140 Å². The van der Waals surface area contributed by atoms with E-state index in [1.54, 1.807) is 18.2 Å². The molecule has 3 aromatic rings. The average Bonchev–Trinajstić information content (AvgIpc) is 2.86. The van der Waals surface area contributed by atoms with Crippen molar-refractivity contribution in [1.29, 1.82) is 0 Å². The summed E-state index contributed by atoms with van der Waals surface area (Å²) in [6.45, 7) is 1.84. The Hall–Kier alpha value is -2.52. The number of carbonyl (C=O) groups excluding carboxylic acids is 1. The van der Waals surface area contributed by atoms with Crippen LogP contribution >= 0.6 is 11.3 Å². The fraction of sp³-hybridized carbons (Fsp3) is 0.0667. The van der Waals surface area contributed by atoms with Crippen molar-refractivity contribution in [1.82, 2.24) is 4.98 Å². The Bertz CT molecular complexity index is 1060. The van der Waals surface area contributed by atoms with Crippen molar-refractivity contribution in [2.45, 2.75) is 11.8 Å². The second-order valence-electron chi connectivity index (χ2n) is 4.95. The lowest BCUT2D eigenvalue weighted by atomic mass is 10.2. The van der Waals surface area contributed by atoms with Crippen LogP contribution in [0.15, 0.2) is 41.3 Å². The standard InChI is InChI=1S/C15H11FN2O4S2/c1-8-17-13-5-2-9(6-14(13)23-8)18-24(21,22)10-3-4-12(16)11(7-10)15(19)20/h2-7,18H,1H3,(H,19,20)/p-1. The average molecular weight is 365 g/mol. The molecule has 0 amide bonds. The fourth-order valence-corrected chi connectivity index (χ4v) is 4.09. The quantitative estimate of drug-likeness (QED) is 0.761. The van der Waals surface area contributed by atoms with Crippen LogP contribution in [0.5, 0.6) is 0 Å². The third kappa shape index (κ3) is 3.08. The lowest BCUT2D eigenvalue weighted by molar-refractivity contribution is -0.255. The van der Waals surface area contributed by atoms with Crippen LogP contribution in [0.4, 0.5) is 10.1 Å². The molecule has 0 spiro atoms. The summed E-state index contributed by atoms with van der Waals surface area (Å²) in [5.74, 6) is -2.85. The first-order chi connectivity index (χ1) is 11.3. The molecule has 0 aliphatic heterocycles. The van der Waals surface area contributed by atoms with Gasteiger partial charge in [0.05, 0.1) is 31.8 Å². The van der Waals surface area contributed by atoms with Crippen LogP contribution in [0.1, 0.15) is 15.4 Å². The first-order valence-electron chi connectivity index (χ1n) is 6.67. The fourth-order valence-electron chi connectivity index (χ4n) is 2.15. The number of sulfonamides is 1. The summed E-state index contributed by atoms with van der Waals surface area (Å²) < 4.78 is 41.3. The number of rotatable bonds is 4. The molecule has 9 heteroatoms. The minimum absolute atomic E-state index is 0.297. The molecular weight excluding hydrogens is 355 g/mol. The zero-order chi connectivity index (χ0) is 17.5. The van der Waals surface area contributed by atoms with E-state index in [9.17, 15) is 22.7 Å². The molecule has 0 aliphatic carbocycles. The number of carboxylic acids is 1. The molecule has 1 aromatic heterocycles. The highest BCUT2D eigenvalue weighted by Crippen LogP contribution is 2.26. The van der Waals surface area contributed by atoms with E-state index in [4.69, 9.17) is 0 Å². The maximum absolute atomic E-state index is 13.4. The molecule has 0 saturated heterocycles. The largest absolute Gasteiger partial charge is 0.545 e. The molecule has 0 aliphatic rings. The SMILES string of the molecule is Cc1nc2ccc(NS(=O)(=O)c3ccc(F)c(C(=O)[O-])c3)cc2s1. The number of carbonyl (C=O) groups is 1. The smallest absolute Gasteiger partial charge is 0.261 e. The normalized spacial score (nSPS) is 11.6. The van der Waals surface area contributed by atoms with Gasteiger partial charge in [0, 0.05) is 5.56 Å². The number of aromatic nitrogens is 1. The van der Waals surface area contributed by atoms with E-state index in [2.05, 4.69) is 9.71 Å². The first kappa shape index (κ1) is 16.3. The monoisotopic (exact) mass is 365 g/mol. The Morgan fingerprint density at radius 3 is 2.71 bits per heavy atom. The summed E-state index contributed by atoms with van der Waals surface area (Å²) in [7, 11) is -4.07. The topological polar surface area (TPSA) is 99.2 Å². The maximum atomic E-state index is 13.4. The number of fused-ring (bicyclic) bond motifs is 1. The van der Waals surface area contributed by atoms with Gasteiger partial charge in [0.1, 0.15) is 5.82 Å².